The standard InChI is InChI=1S/C19H19FN2O2/c1-12-7-8-14(11-13(12)2)22-10-9-17(19(22)24)21-18(23)15-5-3-4-6-16(15)20/h3-8,11,17H,9-10H2,1-2H3,(H,21,23). The molecule has 1 unspecified atom stereocenters. The minimum Gasteiger partial charge on any atom is -0.340 e. The zero-order valence-corrected chi connectivity index (χ0v) is 13.7. The highest BCUT2D eigenvalue weighted by Gasteiger charge is 2.34. The van der Waals surface area contributed by atoms with Crippen LogP contribution in [-0.4, -0.2) is 24.4 Å². The number of hydrogen-bond donors (Lipinski definition) is 1. The number of hydrogen-bond acceptors (Lipinski definition) is 2. The summed E-state index contributed by atoms with van der Waals surface area (Å²) in [6, 6.07) is 11.0. The Kier molecular flexibility index (Phi) is 4.34. The van der Waals surface area contributed by atoms with Crippen LogP contribution < -0.4 is 10.2 Å². The van der Waals surface area contributed by atoms with Crippen LogP contribution in [0.5, 0.6) is 0 Å². The van der Waals surface area contributed by atoms with Gasteiger partial charge >= 0.3 is 0 Å². The van der Waals surface area contributed by atoms with Crippen molar-refractivity contribution in [3.05, 3.63) is 65.0 Å². The third-order valence-electron chi connectivity index (χ3n) is 4.43. The van der Waals surface area contributed by atoms with Gasteiger partial charge in [0.25, 0.3) is 5.91 Å². The van der Waals surface area contributed by atoms with E-state index < -0.39 is 17.8 Å². The van der Waals surface area contributed by atoms with Gasteiger partial charge in [0.15, 0.2) is 0 Å². The number of nitrogens with one attached hydrogen (secondary N) is 1. The number of carbonyl (C=O) groups excluding carboxylic acids is 2. The molecule has 1 aliphatic rings. The number of rotatable bonds is 3. The first-order valence-corrected chi connectivity index (χ1v) is 7.91. The molecule has 3 rings (SSSR count). The van der Waals surface area contributed by atoms with Crippen LogP contribution in [0.2, 0.25) is 0 Å². The molecule has 2 aromatic carbocycles. The van der Waals surface area contributed by atoms with Crippen molar-refractivity contribution in [1.82, 2.24) is 5.32 Å². The van der Waals surface area contributed by atoms with E-state index in [9.17, 15) is 14.0 Å². The van der Waals surface area contributed by atoms with Crippen molar-refractivity contribution in [2.45, 2.75) is 26.3 Å². The summed E-state index contributed by atoms with van der Waals surface area (Å²) in [5.41, 5.74) is 3.05. The zero-order valence-electron chi connectivity index (χ0n) is 13.7. The molecule has 24 heavy (non-hydrogen) atoms. The number of amides is 2. The van der Waals surface area contributed by atoms with Crippen LogP contribution in [0.25, 0.3) is 0 Å². The maximum Gasteiger partial charge on any atom is 0.254 e. The van der Waals surface area contributed by atoms with Gasteiger partial charge in [0.2, 0.25) is 5.91 Å². The summed E-state index contributed by atoms with van der Waals surface area (Å²) >= 11 is 0. The predicted molar refractivity (Wildman–Crippen MR) is 90.5 cm³/mol. The van der Waals surface area contributed by atoms with Crippen molar-refractivity contribution in [1.29, 1.82) is 0 Å². The number of anilines is 1. The van der Waals surface area contributed by atoms with E-state index in [1.807, 2.05) is 32.0 Å². The molecule has 0 bridgehead atoms. The molecular formula is C19H19FN2O2. The van der Waals surface area contributed by atoms with E-state index in [0.29, 0.717) is 13.0 Å². The van der Waals surface area contributed by atoms with Crippen molar-refractivity contribution in [2.75, 3.05) is 11.4 Å². The number of aryl methyl sites for hydroxylation is 2. The van der Waals surface area contributed by atoms with Gasteiger partial charge in [-0.05, 0) is 55.7 Å². The lowest BCUT2D eigenvalue weighted by molar-refractivity contribution is -0.118. The van der Waals surface area contributed by atoms with Crippen LogP contribution >= 0.6 is 0 Å². The minimum absolute atomic E-state index is 0.0464. The van der Waals surface area contributed by atoms with E-state index in [1.165, 1.54) is 18.2 Å². The van der Waals surface area contributed by atoms with Crippen LogP contribution in [-0.2, 0) is 4.79 Å². The second kappa shape index (κ2) is 6.43. The fourth-order valence-electron chi connectivity index (χ4n) is 2.85. The second-order valence-electron chi connectivity index (χ2n) is 6.05. The summed E-state index contributed by atoms with van der Waals surface area (Å²) in [5, 5.41) is 2.64. The zero-order chi connectivity index (χ0) is 17.3. The van der Waals surface area contributed by atoms with Gasteiger partial charge in [-0.3, -0.25) is 9.59 Å². The summed E-state index contributed by atoms with van der Waals surface area (Å²) in [7, 11) is 0. The SMILES string of the molecule is Cc1ccc(N2CCC(NC(=O)c3ccccc3F)C2=O)cc1C. The van der Waals surface area contributed by atoms with E-state index in [-0.39, 0.29) is 11.5 Å². The maximum atomic E-state index is 13.7. The second-order valence-corrected chi connectivity index (χ2v) is 6.05. The van der Waals surface area contributed by atoms with E-state index in [4.69, 9.17) is 0 Å². The molecule has 2 aromatic rings. The summed E-state index contributed by atoms with van der Waals surface area (Å²) < 4.78 is 13.7. The van der Waals surface area contributed by atoms with Gasteiger partial charge in [0.05, 0.1) is 5.56 Å². The van der Waals surface area contributed by atoms with E-state index in [1.54, 1.807) is 11.0 Å². The Labute approximate surface area is 140 Å². The quantitative estimate of drug-likeness (QED) is 0.943. The lowest BCUT2D eigenvalue weighted by atomic mass is 10.1. The molecular weight excluding hydrogens is 307 g/mol. The van der Waals surface area contributed by atoms with Crippen LogP contribution in [0.3, 0.4) is 0 Å². The van der Waals surface area contributed by atoms with Gasteiger partial charge in [-0.25, -0.2) is 4.39 Å². The third-order valence-corrected chi connectivity index (χ3v) is 4.43. The minimum atomic E-state index is -0.626. The van der Waals surface area contributed by atoms with Gasteiger partial charge in [0.1, 0.15) is 11.9 Å². The van der Waals surface area contributed by atoms with Gasteiger partial charge in [-0.2, -0.15) is 0 Å². The lowest BCUT2D eigenvalue weighted by Gasteiger charge is -2.18. The topological polar surface area (TPSA) is 49.4 Å². The molecule has 0 saturated carbocycles. The highest BCUT2D eigenvalue weighted by atomic mass is 19.1. The van der Waals surface area contributed by atoms with Crippen LogP contribution in [0.15, 0.2) is 42.5 Å². The number of benzene rings is 2. The Balaban J connectivity index is 1.73. The molecule has 1 heterocycles. The van der Waals surface area contributed by atoms with E-state index >= 15 is 0 Å². The molecule has 1 N–H and O–H groups in total. The Morgan fingerprint density at radius 3 is 2.62 bits per heavy atom. The fourth-order valence-corrected chi connectivity index (χ4v) is 2.85. The fraction of sp³-hybridized carbons (Fsp3) is 0.263. The average molecular weight is 326 g/mol. The van der Waals surface area contributed by atoms with E-state index in [2.05, 4.69) is 5.32 Å². The molecule has 0 spiro atoms. The van der Waals surface area contributed by atoms with Crippen LogP contribution in [0.4, 0.5) is 10.1 Å². The molecule has 1 saturated heterocycles. The first kappa shape index (κ1) is 16.2. The maximum absolute atomic E-state index is 13.7. The van der Waals surface area contributed by atoms with Crippen molar-refractivity contribution in [3.8, 4) is 0 Å². The highest BCUT2D eigenvalue weighted by molar-refractivity contribution is 6.04. The average Bonchev–Trinajstić information content (AvgIpc) is 2.91. The van der Waals surface area contributed by atoms with Gasteiger partial charge in [0, 0.05) is 12.2 Å². The Morgan fingerprint density at radius 1 is 1.17 bits per heavy atom. The molecule has 0 aromatic heterocycles. The number of halogens is 1. The molecule has 2 amide bonds. The molecule has 1 fully saturated rings. The predicted octanol–water partition coefficient (Wildman–Crippen LogP) is 2.98. The van der Waals surface area contributed by atoms with Gasteiger partial charge in [-0.1, -0.05) is 18.2 Å². The highest BCUT2D eigenvalue weighted by Crippen LogP contribution is 2.24. The monoisotopic (exact) mass is 326 g/mol. The Morgan fingerprint density at radius 2 is 1.92 bits per heavy atom. The summed E-state index contributed by atoms with van der Waals surface area (Å²) in [4.78, 5) is 26.4. The summed E-state index contributed by atoms with van der Waals surface area (Å²) in [6.45, 7) is 4.54. The van der Waals surface area contributed by atoms with E-state index in [0.717, 1.165) is 16.8 Å². The molecule has 1 aliphatic heterocycles. The molecule has 1 atom stereocenters. The van der Waals surface area contributed by atoms with Crippen molar-refractivity contribution >= 4 is 17.5 Å². The third kappa shape index (κ3) is 3.02. The molecule has 0 aliphatic carbocycles. The molecule has 4 nitrogen and oxygen atoms in total. The number of nitrogens with zero attached hydrogens (tertiary/aromatic N) is 1. The summed E-state index contributed by atoms with van der Waals surface area (Å²) in [6.07, 6.45) is 0.506. The first-order chi connectivity index (χ1) is 11.5. The number of carbonyl (C=O) groups is 2. The Bertz CT molecular complexity index is 804. The van der Waals surface area contributed by atoms with Crippen molar-refractivity contribution in [2.24, 2.45) is 0 Å². The van der Waals surface area contributed by atoms with Crippen molar-refractivity contribution in [3.63, 3.8) is 0 Å². The molecule has 124 valence electrons. The lowest BCUT2D eigenvalue weighted by Crippen LogP contribution is -2.41. The normalized spacial score (nSPS) is 17.2. The van der Waals surface area contributed by atoms with Crippen LogP contribution in [0, 0.1) is 19.7 Å². The first-order valence-electron chi connectivity index (χ1n) is 7.91. The van der Waals surface area contributed by atoms with Gasteiger partial charge < -0.3 is 10.2 Å². The Hall–Kier alpha value is -2.69. The van der Waals surface area contributed by atoms with Gasteiger partial charge in [-0.15, -0.1) is 0 Å². The largest absolute Gasteiger partial charge is 0.340 e. The molecule has 5 heteroatoms. The summed E-state index contributed by atoms with van der Waals surface area (Å²) in [5.74, 6) is -1.32. The smallest absolute Gasteiger partial charge is 0.254 e. The molecule has 0 radical (unpaired) electrons. The van der Waals surface area contributed by atoms with Crippen molar-refractivity contribution < 1.29 is 14.0 Å². The van der Waals surface area contributed by atoms with Crippen LogP contribution in [0.1, 0.15) is 27.9 Å².